The summed E-state index contributed by atoms with van der Waals surface area (Å²) >= 11 is 0. The lowest BCUT2D eigenvalue weighted by Crippen LogP contribution is -2.36. The summed E-state index contributed by atoms with van der Waals surface area (Å²) in [6, 6.07) is 12.5. The lowest BCUT2D eigenvalue weighted by Gasteiger charge is -2.28. The number of morpholine rings is 1. The average Bonchev–Trinajstić information content (AvgIpc) is 2.67. The molecule has 0 aliphatic carbocycles. The molecule has 0 saturated carbocycles. The summed E-state index contributed by atoms with van der Waals surface area (Å²) in [4.78, 5) is 25.1. The van der Waals surface area contributed by atoms with Crippen molar-refractivity contribution in [3.8, 4) is 0 Å². The van der Waals surface area contributed by atoms with E-state index in [0.29, 0.717) is 11.1 Å². The molecule has 2 aromatic carbocycles. The van der Waals surface area contributed by atoms with Gasteiger partial charge in [-0.3, -0.25) is 14.9 Å². The maximum atomic E-state index is 12.3. The SMILES string of the molecule is Cc1ccc(C(=O)/C=C/c2ccc(N3CCOCC3)cc2)cc1[N+](=O)[O-]. The molecule has 0 atom stereocenters. The Labute approximate surface area is 151 Å². The Hall–Kier alpha value is -2.99. The summed E-state index contributed by atoms with van der Waals surface area (Å²) in [5.74, 6) is -0.259. The fourth-order valence-corrected chi connectivity index (χ4v) is 2.85. The normalized spacial score (nSPS) is 14.6. The minimum absolute atomic E-state index is 0.0425. The van der Waals surface area contributed by atoms with Gasteiger partial charge in [-0.15, -0.1) is 0 Å². The van der Waals surface area contributed by atoms with Crippen molar-refractivity contribution in [3.05, 3.63) is 75.3 Å². The van der Waals surface area contributed by atoms with E-state index in [4.69, 9.17) is 4.74 Å². The van der Waals surface area contributed by atoms with Crippen LogP contribution in [0.15, 0.2) is 48.5 Å². The van der Waals surface area contributed by atoms with Gasteiger partial charge in [0.2, 0.25) is 0 Å². The minimum atomic E-state index is -0.472. The molecule has 2 aromatic rings. The molecule has 1 aliphatic heterocycles. The van der Waals surface area contributed by atoms with Crippen molar-refractivity contribution in [2.75, 3.05) is 31.2 Å². The summed E-state index contributed by atoms with van der Waals surface area (Å²) in [6.45, 7) is 4.87. The van der Waals surface area contributed by atoms with Gasteiger partial charge in [0.1, 0.15) is 0 Å². The van der Waals surface area contributed by atoms with Gasteiger partial charge < -0.3 is 9.64 Å². The van der Waals surface area contributed by atoms with Gasteiger partial charge in [0.15, 0.2) is 5.78 Å². The first-order valence-corrected chi connectivity index (χ1v) is 8.45. The van der Waals surface area contributed by atoms with Gasteiger partial charge in [-0.2, -0.15) is 0 Å². The van der Waals surface area contributed by atoms with Crippen molar-refractivity contribution in [2.24, 2.45) is 0 Å². The van der Waals surface area contributed by atoms with E-state index in [2.05, 4.69) is 4.90 Å². The van der Waals surface area contributed by atoms with Crippen LogP contribution in [0.2, 0.25) is 0 Å². The van der Waals surface area contributed by atoms with Gasteiger partial charge in [0.05, 0.1) is 18.1 Å². The van der Waals surface area contributed by atoms with Crippen LogP contribution in [0.25, 0.3) is 6.08 Å². The quantitative estimate of drug-likeness (QED) is 0.355. The first kappa shape index (κ1) is 17.8. The Bertz CT molecular complexity index is 837. The van der Waals surface area contributed by atoms with Crippen molar-refractivity contribution in [1.82, 2.24) is 0 Å². The number of ether oxygens (including phenoxy) is 1. The van der Waals surface area contributed by atoms with E-state index in [9.17, 15) is 14.9 Å². The standard InChI is InChI=1S/C20H20N2O4/c1-15-2-6-17(14-19(15)22(24)25)20(23)9-5-16-3-7-18(8-4-16)21-10-12-26-13-11-21/h2-9,14H,10-13H2,1H3/b9-5+. The van der Waals surface area contributed by atoms with Gasteiger partial charge in [0, 0.05) is 36.0 Å². The fraction of sp³-hybridized carbons (Fsp3) is 0.250. The highest BCUT2D eigenvalue weighted by Gasteiger charge is 2.14. The van der Waals surface area contributed by atoms with E-state index < -0.39 is 4.92 Å². The number of nitro groups is 1. The molecule has 1 heterocycles. The fourth-order valence-electron chi connectivity index (χ4n) is 2.85. The number of nitrogens with zero attached hydrogens (tertiary/aromatic N) is 2. The third kappa shape index (κ3) is 4.15. The zero-order valence-electron chi connectivity index (χ0n) is 14.6. The predicted molar refractivity (Wildman–Crippen MR) is 101 cm³/mol. The third-order valence-corrected chi connectivity index (χ3v) is 4.39. The number of hydrogen-bond donors (Lipinski definition) is 0. The van der Waals surface area contributed by atoms with Crippen molar-refractivity contribution in [1.29, 1.82) is 0 Å². The van der Waals surface area contributed by atoms with E-state index in [-0.39, 0.29) is 11.5 Å². The zero-order chi connectivity index (χ0) is 18.5. The highest BCUT2D eigenvalue weighted by molar-refractivity contribution is 6.07. The van der Waals surface area contributed by atoms with Crippen LogP contribution >= 0.6 is 0 Å². The monoisotopic (exact) mass is 352 g/mol. The number of benzene rings is 2. The Balaban J connectivity index is 1.70. The number of rotatable bonds is 5. The smallest absolute Gasteiger partial charge is 0.273 e. The van der Waals surface area contributed by atoms with Crippen LogP contribution < -0.4 is 4.90 Å². The van der Waals surface area contributed by atoms with Gasteiger partial charge in [-0.25, -0.2) is 0 Å². The van der Waals surface area contributed by atoms with Crippen molar-refractivity contribution < 1.29 is 14.5 Å². The highest BCUT2D eigenvalue weighted by atomic mass is 16.6. The minimum Gasteiger partial charge on any atom is -0.378 e. The van der Waals surface area contributed by atoms with E-state index in [1.807, 2.05) is 24.3 Å². The molecule has 0 spiro atoms. The Morgan fingerprint density at radius 2 is 1.85 bits per heavy atom. The first-order valence-electron chi connectivity index (χ1n) is 8.45. The van der Waals surface area contributed by atoms with E-state index in [1.165, 1.54) is 12.1 Å². The topological polar surface area (TPSA) is 72.7 Å². The first-order chi connectivity index (χ1) is 12.5. The number of ketones is 1. The summed E-state index contributed by atoms with van der Waals surface area (Å²) in [5, 5.41) is 11.0. The summed E-state index contributed by atoms with van der Waals surface area (Å²) < 4.78 is 5.35. The second-order valence-corrected chi connectivity index (χ2v) is 6.15. The predicted octanol–water partition coefficient (Wildman–Crippen LogP) is 3.64. The molecule has 0 amide bonds. The molecule has 3 rings (SSSR count). The number of allylic oxidation sites excluding steroid dienone is 1. The van der Waals surface area contributed by atoms with E-state index in [1.54, 1.807) is 25.1 Å². The molecule has 26 heavy (non-hydrogen) atoms. The molecule has 1 fully saturated rings. The van der Waals surface area contributed by atoms with Crippen LogP contribution in [0.5, 0.6) is 0 Å². The van der Waals surface area contributed by atoms with E-state index >= 15 is 0 Å². The van der Waals surface area contributed by atoms with Gasteiger partial charge in [0.25, 0.3) is 5.69 Å². The summed E-state index contributed by atoms with van der Waals surface area (Å²) in [5.41, 5.74) is 2.83. The zero-order valence-corrected chi connectivity index (χ0v) is 14.6. The molecule has 0 bridgehead atoms. The van der Waals surface area contributed by atoms with Crippen LogP contribution in [0.3, 0.4) is 0 Å². The number of carbonyl (C=O) groups excluding carboxylic acids is 1. The second-order valence-electron chi connectivity index (χ2n) is 6.15. The van der Waals surface area contributed by atoms with Crippen molar-refractivity contribution >= 4 is 23.2 Å². The highest BCUT2D eigenvalue weighted by Crippen LogP contribution is 2.21. The largest absolute Gasteiger partial charge is 0.378 e. The summed E-state index contributed by atoms with van der Waals surface area (Å²) in [7, 11) is 0. The molecule has 0 radical (unpaired) electrons. The van der Waals surface area contributed by atoms with Crippen molar-refractivity contribution in [3.63, 3.8) is 0 Å². The van der Waals surface area contributed by atoms with Gasteiger partial charge in [-0.05, 0) is 30.7 Å². The molecule has 6 nitrogen and oxygen atoms in total. The van der Waals surface area contributed by atoms with Crippen LogP contribution in [0, 0.1) is 17.0 Å². The van der Waals surface area contributed by atoms with Crippen LogP contribution in [0.4, 0.5) is 11.4 Å². The molecule has 0 unspecified atom stereocenters. The molecule has 0 N–H and O–H groups in total. The van der Waals surface area contributed by atoms with Gasteiger partial charge >= 0.3 is 0 Å². The maximum absolute atomic E-state index is 12.3. The Morgan fingerprint density at radius 1 is 1.15 bits per heavy atom. The van der Waals surface area contributed by atoms with Gasteiger partial charge in [-0.1, -0.05) is 30.3 Å². The molecule has 6 heteroatoms. The summed E-state index contributed by atoms with van der Waals surface area (Å²) in [6.07, 6.45) is 3.16. The second kappa shape index (κ2) is 7.93. The molecule has 1 saturated heterocycles. The lowest BCUT2D eigenvalue weighted by atomic mass is 10.1. The number of nitro benzene ring substituents is 1. The number of aryl methyl sites for hydroxylation is 1. The molecule has 1 aliphatic rings. The lowest BCUT2D eigenvalue weighted by molar-refractivity contribution is -0.385. The Kier molecular flexibility index (Phi) is 5.43. The number of hydrogen-bond acceptors (Lipinski definition) is 5. The number of anilines is 1. The van der Waals surface area contributed by atoms with Crippen LogP contribution in [-0.2, 0) is 4.74 Å². The maximum Gasteiger partial charge on any atom is 0.273 e. The number of carbonyl (C=O) groups is 1. The van der Waals surface area contributed by atoms with Crippen LogP contribution in [0.1, 0.15) is 21.5 Å². The third-order valence-electron chi connectivity index (χ3n) is 4.39. The van der Waals surface area contributed by atoms with E-state index in [0.717, 1.165) is 37.6 Å². The van der Waals surface area contributed by atoms with Crippen LogP contribution in [-0.4, -0.2) is 37.0 Å². The molecular weight excluding hydrogens is 332 g/mol. The van der Waals surface area contributed by atoms with Crippen molar-refractivity contribution in [2.45, 2.75) is 6.92 Å². The average molecular weight is 352 g/mol. The molecular formula is C20H20N2O4. The molecule has 0 aromatic heterocycles. The Morgan fingerprint density at radius 3 is 2.50 bits per heavy atom. The molecule has 134 valence electrons.